The summed E-state index contributed by atoms with van der Waals surface area (Å²) < 4.78 is 1.73. The molecular weight excluding hydrogens is 252 g/mol. The van der Waals surface area contributed by atoms with Crippen LogP contribution in [-0.2, 0) is 18.3 Å². The molecule has 2 saturated carbocycles. The van der Waals surface area contributed by atoms with E-state index in [1.807, 2.05) is 14.0 Å². The number of hydrogen-bond acceptors (Lipinski definition) is 2. The first-order valence-electron chi connectivity index (χ1n) is 6.34. The Hall–Kier alpha value is -1.03. The predicted octanol–water partition coefficient (Wildman–Crippen LogP) is 2.43. The first-order chi connectivity index (χ1) is 8.43. The number of aromatic nitrogens is 2. The molecular formula is C13H17ClN2O2. The predicted molar refractivity (Wildman–Crippen MR) is 67.6 cm³/mol. The average molecular weight is 269 g/mol. The summed E-state index contributed by atoms with van der Waals surface area (Å²) in [6.07, 6.45) is 3.32. The Kier molecular flexibility index (Phi) is 2.49. The van der Waals surface area contributed by atoms with Crippen LogP contribution in [0.5, 0.6) is 0 Å². The summed E-state index contributed by atoms with van der Waals surface area (Å²) in [6.45, 7) is 1.85. The van der Waals surface area contributed by atoms with Crippen molar-refractivity contribution in [1.82, 2.24) is 9.78 Å². The normalized spacial score (nSPS) is 33.5. The molecule has 2 aliphatic rings. The fraction of sp³-hybridized carbons (Fsp3) is 0.692. The molecule has 1 heterocycles. The van der Waals surface area contributed by atoms with Crippen LogP contribution in [0.2, 0.25) is 5.02 Å². The summed E-state index contributed by atoms with van der Waals surface area (Å²) in [5.41, 5.74) is 1.02. The van der Waals surface area contributed by atoms with Crippen molar-refractivity contribution in [3.05, 3.63) is 16.4 Å². The second kappa shape index (κ2) is 3.73. The van der Waals surface area contributed by atoms with Crippen molar-refractivity contribution in [2.75, 3.05) is 0 Å². The van der Waals surface area contributed by atoms with Crippen molar-refractivity contribution in [3.8, 4) is 0 Å². The van der Waals surface area contributed by atoms with Crippen molar-refractivity contribution in [3.63, 3.8) is 0 Å². The van der Waals surface area contributed by atoms with E-state index in [9.17, 15) is 9.90 Å². The summed E-state index contributed by atoms with van der Waals surface area (Å²) in [6, 6.07) is 0. The zero-order valence-corrected chi connectivity index (χ0v) is 11.4. The molecule has 98 valence electrons. The molecule has 1 aromatic rings. The van der Waals surface area contributed by atoms with Crippen LogP contribution in [0.25, 0.3) is 0 Å². The van der Waals surface area contributed by atoms with Gasteiger partial charge in [0.25, 0.3) is 0 Å². The Morgan fingerprint density at radius 1 is 1.56 bits per heavy atom. The van der Waals surface area contributed by atoms with E-state index in [1.165, 1.54) is 6.42 Å². The van der Waals surface area contributed by atoms with Gasteiger partial charge < -0.3 is 5.11 Å². The van der Waals surface area contributed by atoms with E-state index < -0.39 is 11.4 Å². The number of hydrogen-bond donors (Lipinski definition) is 1. The molecule has 1 aromatic heterocycles. The second-order valence-electron chi connectivity index (χ2n) is 5.90. The lowest BCUT2D eigenvalue weighted by Crippen LogP contribution is -2.32. The van der Waals surface area contributed by atoms with Gasteiger partial charge in [-0.1, -0.05) is 11.6 Å². The molecule has 18 heavy (non-hydrogen) atoms. The van der Waals surface area contributed by atoms with E-state index in [1.54, 1.807) is 4.68 Å². The molecule has 0 radical (unpaired) electrons. The van der Waals surface area contributed by atoms with Crippen molar-refractivity contribution in [2.45, 2.75) is 32.6 Å². The lowest BCUT2D eigenvalue weighted by Gasteiger charge is -2.26. The van der Waals surface area contributed by atoms with Gasteiger partial charge in [0.05, 0.1) is 21.8 Å². The number of carboxylic acid groups (broad SMARTS) is 1. The van der Waals surface area contributed by atoms with Gasteiger partial charge in [-0.3, -0.25) is 9.48 Å². The van der Waals surface area contributed by atoms with Crippen LogP contribution in [0.1, 0.15) is 30.7 Å². The minimum Gasteiger partial charge on any atom is -0.481 e. The molecule has 2 unspecified atom stereocenters. The maximum atomic E-state index is 11.7. The Morgan fingerprint density at radius 3 is 2.61 bits per heavy atom. The van der Waals surface area contributed by atoms with E-state index in [4.69, 9.17) is 11.6 Å². The average Bonchev–Trinajstić information content (AvgIpc) is 2.85. The van der Waals surface area contributed by atoms with Crippen LogP contribution >= 0.6 is 11.6 Å². The van der Waals surface area contributed by atoms with Crippen molar-refractivity contribution < 1.29 is 9.90 Å². The third kappa shape index (κ3) is 1.66. The summed E-state index contributed by atoms with van der Waals surface area (Å²) in [4.78, 5) is 11.7. The SMILES string of the molecule is Cc1nn(C)c(CC2(C(=O)O)CC3CC3C2)c1Cl. The number of rotatable bonds is 3. The Balaban J connectivity index is 1.92. The fourth-order valence-electron chi connectivity index (χ4n) is 3.48. The first kappa shape index (κ1) is 12.0. The molecule has 0 saturated heterocycles. The number of fused-ring (bicyclic) bond motifs is 1. The second-order valence-corrected chi connectivity index (χ2v) is 6.27. The van der Waals surface area contributed by atoms with E-state index in [2.05, 4.69) is 5.10 Å². The quantitative estimate of drug-likeness (QED) is 0.916. The van der Waals surface area contributed by atoms with Crippen LogP contribution in [0.3, 0.4) is 0 Å². The number of carboxylic acids is 1. The van der Waals surface area contributed by atoms with E-state index in [-0.39, 0.29) is 0 Å². The fourth-order valence-corrected chi connectivity index (χ4v) is 3.71. The molecule has 5 heteroatoms. The number of carbonyl (C=O) groups is 1. The highest BCUT2D eigenvalue weighted by Crippen LogP contribution is 2.61. The highest BCUT2D eigenvalue weighted by Gasteiger charge is 2.57. The highest BCUT2D eigenvalue weighted by molar-refractivity contribution is 6.31. The van der Waals surface area contributed by atoms with Crippen molar-refractivity contribution in [2.24, 2.45) is 24.3 Å². The minimum absolute atomic E-state index is 0.505. The van der Waals surface area contributed by atoms with Crippen LogP contribution < -0.4 is 0 Å². The standard InChI is InChI=1S/C13H17ClN2O2/c1-7-11(14)10(16(2)15-7)6-13(12(17)18)4-8-3-9(8)5-13/h8-9H,3-6H2,1-2H3,(H,17,18). The van der Waals surface area contributed by atoms with Gasteiger partial charge in [-0.2, -0.15) is 5.10 Å². The van der Waals surface area contributed by atoms with Crippen LogP contribution in [0, 0.1) is 24.2 Å². The summed E-state index contributed by atoms with van der Waals surface area (Å²) in [5, 5.41) is 14.5. The van der Waals surface area contributed by atoms with Gasteiger partial charge in [0.1, 0.15) is 0 Å². The largest absolute Gasteiger partial charge is 0.481 e. The van der Waals surface area contributed by atoms with Gasteiger partial charge in [-0.05, 0) is 38.0 Å². The maximum absolute atomic E-state index is 11.7. The Morgan fingerprint density at radius 2 is 2.17 bits per heavy atom. The molecule has 2 atom stereocenters. The van der Waals surface area contributed by atoms with E-state index in [0.29, 0.717) is 23.3 Å². The molecule has 2 fully saturated rings. The van der Waals surface area contributed by atoms with Gasteiger partial charge in [0, 0.05) is 13.5 Å². The lowest BCUT2D eigenvalue weighted by atomic mass is 9.78. The topological polar surface area (TPSA) is 55.1 Å². The van der Waals surface area contributed by atoms with E-state index in [0.717, 1.165) is 24.2 Å². The third-order valence-electron chi connectivity index (χ3n) is 4.60. The van der Waals surface area contributed by atoms with E-state index >= 15 is 0 Å². The molecule has 0 amide bonds. The summed E-state index contributed by atoms with van der Waals surface area (Å²) >= 11 is 6.23. The monoisotopic (exact) mass is 268 g/mol. The molecule has 0 aliphatic heterocycles. The zero-order valence-electron chi connectivity index (χ0n) is 10.6. The van der Waals surface area contributed by atoms with Crippen molar-refractivity contribution in [1.29, 1.82) is 0 Å². The molecule has 0 spiro atoms. The summed E-state index contributed by atoms with van der Waals surface area (Å²) in [5.74, 6) is 0.591. The van der Waals surface area contributed by atoms with Gasteiger partial charge in [-0.15, -0.1) is 0 Å². The Bertz CT molecular complexity index is 513. The molecule has 0 aromatic carbocycles. The van der Waals surface area contributed by atoms with Gasteiger partial charge in [0.15, 0.2) is 0 Å². The number of aryl methyl sites for hydroxylation is 2. The number of nitrogens with zero attached hydrogens (tertiary/aromatic N) is 2. The number of halogens is 1. The van der Waals surface area contributed by atoms with Gasteiger partial charge >= 0.3 is 5.97 Å². The molecule has 0 bridgehead atoms. The van der Waals surface area contributed by atoms with Crippen molar-refractivity contribution >= 4 is 17.6 Å². The smallest absolute Gasteiger partial charge is 0.310 e. The summed E-state index contributed by atoms with van der Waals surface area (Å²) in [7, 11) is 1.83. The zero-order chi connectivity index (χ0) is 13.1. The third-order valence-corrected chi connectivity index (χ3v) is 5.09. The first-order valence-corrected chi connectivity index (χ1v) is 6.72. The molecule has 2 aliphatic carbocycles. The molecule has 4 nitrogen and oxygen atoms in total. The van der Waals surface area contributed by atoms with Gasteiger partial charge in [0.2, 0.25) is 0 Å². The Labute approximate surface area is 111 Å². The molecule has 1 N–H and O–H groups in total. The lowest BCUT2D eigenvalue weighted by molar-refractivity contribution is -0.149. The van der Waals surface area contributed by atoms with Crippen LogP contribution in [0.15, 0.2) is 0 Å². The van der Waals surface area contributed by atoms with Gasteiger partial charge in [-0.25, -0.2) is 0 Å². The van der Waals surface area contributed by atoms with Crippen LogP contribution in [0.4, 0.5) is 0 Å². The maximum Gasteiger partial charge on any atom is 0.310 e. The van der Waals surface area contributed by atoms with Crippen LogP contribution in [-0.4, -0.2) is 20.9 Å². The molecule has 3 rings (SSSR count). The highest BCUT2D eigenvalue weighted by atomic mass is 35.5. The number of aliphatic carboxylic acids is 1. The minimum atomic E-state index is -0.676.